The zero-order valence-electron chi connectivity index (χ0n) is 11.4. The van der Waals surface area contributed by atoms with Gasteiger partial charge in [0.1, 0.15) is 17.6 Å². The van der Waals surface area contributed by atoms with Crippen LogP contribution in [-0.2, 0) is 4.79 Å². The van der Waals surface area contributed by atoms with Gasteiger partial charge >= 0.3 is 0 Å². The Hall–Kier alpha value is -2.14. The number of nitrogens with zero attached hydrogens (tertiary/aromatic N) is 1. The van der Waals surface area contributed by atoms with Crippen molar-refractivity contribution in [3.8, 4) is 11.8 Å². The van der Waals surface area contributed by atoms with Crippen LogP contribution in [0, 0.1) is 20.7 Å². The summed E-state index contributed by atoms with van der Waals surface area (Å²) in [5, 5.41) is 11.5. The summed E-state index contributed by atoms with van der Waals surface area (Å²) in [6.07, 6.45) is 0. The van der Waals surface area contributed by atoms with Gasteiger partial charge in [-0.25, -0.2) is 4.39 Å². The highest BCUT2D eigenvalue weighted by atomic mass is 127. The van der Waals surface area contributed by atoms with Crippen LogP contribution in [0.15, 0.2) is 48.5 Å². The lowest BCUT2D eigenvalue weighted by Crippen LogP contribution is -2.32. The van der Waals surface area contributed by atoms with E-state index in [-0.39, 0.29) is 12.2 Å². The molecule has 2 aromatic rings. The van der Waals surface area contributed by atoms with Crippen molar-refractivity contribution in [3.05, 3.63) is 63.5 Å². The minimum Gasteiger partial charge on any atom is -0.484 e. The highest BCUT2D eigenvalue weighted by Gasteiger charge is 2.17. The highest BCUT2D eigenvalue weighted by molar-refractivity contribution is 14.1. The van der Waals surface area contributed by atoms with E-state index in [0.717, 1.165) is 3.57 Å². The van der Waals surface area contributed by atoms with Gasteiger partial charge in [0.05, 0.1) is 6.07 Å². The molecule has 1 amide bonds. The number of rotatable bonds is 5. The lowest BCUT2D eigenvalue weighted by molar-refractivity contribution is -0.123. The van der Waals surface area contributed by atoms with E-state index < -0.39 is 17.8 Å². The maximum Gasteiger partial charge on any atom is 0.259 e. The number of benzene rings is 2. The lowest BCUT2D eigenvalue weighted by Gasteiger charge is -2.13. The van der Waals surface area contributed by atoms with E-state index in [1.165, 1.54) is 18.2 Å². The second-order valence-corrected chi connectivity index (χ2v) is 5.64. The van der Waals surface area contributed by atoms with Crippen molar-refractivity contribution >= 4 is 28.5 Å². The summed E-state index contributed by atoms with van der Waals surface area (Å²) in [5.74, 6) is -0.476. The summed E-state index contributed by atoms with van der Waals surface area (Å²) in [6.45, 7) is -0.243. The summed E-state index contributed by atoms with van der Waals surface area (Å²) in [5.41, 5.74) is 0.132. The molecule has 0 saturated heterocycles. The van der Waals surface area contributed by atoms with E-state index in [9.17, 15) is 9.18 Å². The quantitative estimate of drug-likeness (QED) is 0.771. The molecule has 4 nitrogen and oxygen atoms in total. The van der Waals surface area contributed by atoms with E-state index in [0.29, 0.717) is 5.75 Å². The van der Waals surface area contributed by atoms with Crippen LogP contribution < -0.4 is 10.1 Å². The van der Waals surface area contributed by atoms with Crippen LogP contribution in [0.2, 0.25) is 0 Å². The van der Waals surface area contributed by atoms with Crippen LogP contribution in [0.5, 0.6) is 5.75 Å². The Balaban J connectivity index is 1.94. The molecule has 22 heavy (non-hydrogen) atoms. The zero-order chi connectivity index (χ0) is 15.9. The van der Waals surface area contributed by atoms with Gasteiger partial charge in [0, 0.05) is 9.13 Å². The third-order valence-electron chi connectivity index (χ3n) is 2.83. The average molecular weight is 410 g/mol. The molecular formula is C16H12FIN2O2. The number of halogens is 2. The van der Waals surface area contributed by atoms with Crippen molar-refractivity contribution in [3.63, 3.8) is 0 Å². The van der Waals surface area contributed by atoms with E-state index in [2.05, 4.69) is 27.9 Å². The fraction of sp³-hybridized carbons (Fsp3) is 0.125. The zero-order valence-corrected chi connectivity index (χ0v) is 13.6. The minimum atomic E-state index is -1.05. The maximum absolute atomic E-state index is 13.6. The third-order valence-corrected chi connectivity index (χ3v) is 3.55. The Morgan fingerprint density at radius 3 is 2.59 bits per heavy atom. The number of amides is 1. The number of nitriles is 1. The topological polar surface area (TPSA) is 62.1 Å². The second kappa shape index (κ2) is 7.75. The summed E-state index contributed by atoms with van der Waals surface area (Å²) >= 11 is 2.16. The summed E-state index contributed by atoms with van der Waals surface area (Å²) in [6, 6.07) is 13.8. The molecule has 2 aromatic carbocycles. The molecular weight excluding hydrogens is 398 g/mol. The van der Waals surface area contributed by atoms with Gasteiger partial charge in [-0.1, -0.05) is 18.2 Å². The first kappa shape index (κ1) is 16.2. The monoisotopic (exact) mass is 410 g/mol. The molecule has 0 fully saturated rings. The first-order valence-electron chi connectivity index (χ1n) is 6.42. The number of hydrogen-bond acceptors (Lipinski definition) is 3. The largest absolute Gasteiger partial charge is 0.484 e. The summed E-state index contributed by atoms with van der Waals surface area (Å²) in [7, 11) is 0. The molecule has 0 aliphatic rings. The van der Waals surface area contributed by atoms with Gasteiger partial charge in [-0.3, -0.25) is 4.79 Å². The van der Waals surface area contributed by atoms with E-state index in [1.807, 2.05) is 18.2 Å². The Labute approximate surface area is 141 Å². The van der Waals surface area contributed by atoms with Gasteiger partial charge in [0.15, 0.2) is 6.61 Å². The number of carbonyl (C=O) groups is 1. The first-order valence-corrected chi connectivity index (χ1v) is 7.50. The molecule has 112 valence electrons. The normalized spacial score (nSPS) is 11.3. The summed E-state index contributed by atoms with van der Waals surface area (Å²) < 4.78 is 20.0. The van der Waals surface area contributed by atoms with Crippen LogP contribution in [0.1, 0.15) is 11.6 Å². The lowest BCUT2D eigenvalue weighted by atomic mass is 10.1. The Kier molecular flexibility index (Phi) is 5.72. The van der Waals surface area contributed by atoms with Gasteiger partial charge in [-0.2, -0.15) is 5.26 Å². The second-order valence-electron chi connectivity index (χ2n) is 4.39. The van der Waals surface area contributed by atoms with Crippen molar-refractivity contribution in [2.45, 2.75) is 6.04 Å². The number of ether oxygens (including phenoxy) is 1. The van der Waals surface area contributed by atoms with Gasteiger partial charge < -0.3 is 10.1 Å². The molecule has 0 aliphatic carbocycles. The smallest absolute Gasteiger partial charge is 0.259 e. The van der Waals surface area contributed by atoms with E-state index in [1.54, 1.807) is 18.2 Å². The first-order chi connectivity index (χ1) is 10.6. The van der Waals surface area contributed by atoms with Crippen LogP contribution in [0.25, 0.3) is 0 Å². The molecule has 0 aromatic heterocycles. The number of hydrogen-bond donors (Lipinski definition) is 1. The molecule has 0 radical (unpaired) electrons. The van der Waals surface area contributed by atoms with Crippen molar-refractivity contribution in [1.82, 2.24) is 5.32 Å². The van der Waals surface area contributed by atoms with Crippen molar-refractivity contribution in [2.24, 2.45) is 0 Å². The molecule has 1 atom stereocenters. The molecule has 0 aliphatic heterocycles. The minimum absolute atomic E-state index is 0.132. The van der Waals surface area contributed by atoms with Crippen LogP contribution in [0.4, 0.5) is 4.39 Å². The predicted molar refractivity (Wildman–Crippen MR) is 87.6 cm³/mol. The SMILES string of the molecule is N#CC(NC(=O)COc1ccc(I)cc1)c1ccccc1F. The van der Waals surface area contributed by atoms with Gasteiger partial charge in [0.25, 0.3) is 5.91 Å². The Morgan fingerprint density at radius 1 is 1.27 bits per heavy atom. The van der Waals surface area contributed by atoms with E-state index >= 15 is 0 Å². The third kappa shape index (κ3) is 4.43. The highest BCUT2D eigenvalue weighted by Crippen LogP contribution is 2.16. The molecule has 0 spiro atoms. The van der Waals surface area contributed by atoms with Crippen LogP contribution >= 0.6 is 22.6 Å². The van der Waals surface area contributed by atoms with Crippen molar-refractivity contribution in [1.29, 1.82) is 5.26 Å². The molecule has 1 N–H and O–H groups in total. The van der Waals surface area contributed by atoms with Crippen LogP contribution in [-0.4, -0.2) is 12.5 Å². The summed E-state index contributed by atoms with van der Waals surface area (Å²) in [4.78, 5) is 11.8. The molecule has 0 bridgehead atoms. The Bertz CT molecular complexity index is 698. The maximum atomic E-state index is 13.6. The van der Waals surface area contributed by atoms with Crippen LogP contribution in [0.3, 0.4) is 0 Å². The molecule has 1 unspecified atom stereocenters. The van der Waals surface area contributed by atoms with Crippen molar-refractivity contribution in [2.75, 3.05) is 6.61 Å². The Morgan fingerprint density at radius 2 is 1.95 bits per heavy atom. The van der Waals surface area contributed by atoms with Crippen molar-refractivity contribution < 1.29 is 13.9 Å². The molecule has 0 heterocycles. The van der Waals surface area contributed by atoms with E-state index in [4.69, 9.17) is 10.00 Å². The number of carbonyl (C=O) groups excluding carboxylic acids is 1. The fourth-order valence-corrected chi connectivity index (χ4v) is 2.13. The molecule has 2 rings (SSSR count). The predicted octanol–water partition coefficient (Wildman–Crippen LogP) is 3.19. The van der Waals surface area contributed by atoms with Gasteiger partial charge in [-0.05, 0) is 52.9 Å². The van der Waals surface area contributed by atoms with Gasteiger partial charge in [-0.15, -0.1) is 0 Å². The number of nitrogens with one attached hydrogen (secondary N) is 1. The molecule has 0 saturated carbocycles. The average Bonchev–Trinajstić information content (AvgIpc) is 2.53. The fourth-order valence-electron chi connectivity index (χ4n) is 1.77. The molecule has 6 heteroatoms. The van der Waals surface area contributed by atoms with Gasteiger partial charge in [0.2, 0.25) is 0 Å². The standard InChI is InChI=1S/C16H12FIN2O2/c17-14-4-2-1-3-13(14)15(9-19)20-16(21)10-22-12-7-5-11(18)6-8-12/h1-8,15H,10H2,(H,20,21).